The lowest BCUT2D eigenvalue weighted by atomic mass is 9.98. The maximum atomic E-state index is 12.7. The lowest BCUT2D eigenvalue weighted by Crippen LogP contribution is -2.45. The molecule has 124 valence electrons. The summed E-state index contributed by atoms with van der Waals surface area (Å²) in [5.41, 5.74) is 5.04. The molecular formula is C17H19N5OS. The predicted octanol–water partition coefficient (Wildman–Crippen LogP) is 3.08. The van der Waals surface area contributed by atoms with Gasteiger partial charge in [0, 0.05) is 16.6 Å². The van der Waals surface area contributed by atoms with Crippen LogP contribution in [0.2, 0.25) is 0 Å². The number of rotatable bonds is 4. The van der Waals surface area contributed by atoms with Gasteiger partial charge >= 0.3 is 0 Å². The molecule has 24 heavy (non-hydrogen) atoms. The third kappa shape index (κ3) is 2.58. The van der Waals surface area contributed by atoms with Crippen LogP contribution in [0.4, 0.5) is 0 Å². The van der Waals surface area contributed by atoms with E-state index in [1.54, 1.807) is 11.8 Å². The Bertz CT molecular complexity index is 909. The summed E-state index contributed by atoms with van der Waals surface area (Å²) in [4.78, 5) is 26.0. The molecular weight excluding hydrogens is 322 g/mol. The van der Waals surface area contributed by atoms with Crippen molar-refractivity contribution >= 4 is 22.9 Å². The van der Waals surface area contributed by atoms with Gasteiger partial charge in [0.15, 0.2) is 11.3 Å². The molecule has 1 amide bonds. The molecule has 1 aliphatic carbocycles. The molecule has 0 radical (unpaired) electrons. The van der Waals surface area contributed by atoms with Crippen molar-refractivity contribution in [2.45, 2.75) is 39.2 Å². The largest absolute Gasteiger partial charge is 0.345 e. The Balaban J connectivity index is 1.74. The number of hydrogen-bond acceptors (Lipinski definition) is 5. The lowest BCUT2D eigenvalue weighted by Gasteiger charge is -2.25. The molecule has 4 rings (SSSR count). The van der Waals surface area contributed by atoms with Crippen LogP contribution in [-0.4, -0.2) is 30.8 Å². The standard InChI is InChI=1S/C17H19N5OS/c1-10-6-12(13-7-24-9-19-13)20-15-14(18-8-22(10)15)16(23)21-17(2,3)11-4-5-11/h6-9,11H,4-5H2,1-3H3,(H,21,23). The molecule has 0 bridgehead atoms. The summed E-state index contributed by atoms with van der Waals surface area (Å²) in [5.74, 6) is 0.382. The van der Waals surface area contributed by atoms with Crippen molar-refractivity contribution in [1.29, 1.82) is 0 Å². The molecule has 0 saturated heterocycles. The zero-order valence-corrected chi connectivity index (χ0v) is 14.7. The van der Waals surface area contributed by atoms with Gasteiger partial charge in [-0.3, -0.25) is 9.20 Å². The second kappa shape index (κ2) is 5.37. The molecule has 3 aromatic rings. The van der Waals surface area contributed by atoms with E-state index in [-0.39, 0.29) is 11.4 Å². The van der Waals surface area contributed by atoms with E-state index in [0.29, 0.717) is 17.3 Å². The Labute approximate surface area is 144 Å². The molecule has 1 fully saturated rings. The normalized spacial score (nSPS) is 15.0. The minimum absolute atomic E-state index is 0.170. The monoisotopic (exact) mass is 341 g/mol. The third-order valence-corrected chi connectivity index (χ3v) is 5.22. The fraction of sp³-hybridized carbons (Fsp3) is 0.412. The van der Waals surface area contributed by atoms with Gasteiger partial charge in [-0.25, -0.2) is 15.0 Å². The average Bonchev–Trinajstić information content (AvgIpc) is 3.09. The smallest absolute Gasteiger partial charge is 0.274 e. The summed E-state index contributed by atoms with van der Waals surface area (Å²) < 4.78 is 1.84. The van der Waals surface area contributed by atoms with Crippen LogP contribution < -0.4 is 5.32 Å². The summed E-state index contributed by atoms with van der Waals surface area (Å²) in [7, 11) is 0. The molecule has 0 unspecified atom stereocenters. The van der Waals surface area contributed by atoms with Crippen LogP contribution >= 0.6 is 11.3 Å². The summed E-state index contributed by atoms with van der Waals surface area (Å²) in [6.45, 7) is 6.11. The fourth-order valence-electron chi connectivity index (χ4n) is 3.01. The van der Waals surface area contributed by atoms with Gasteiger partial charge in [-0.1, -0.05) is 0 Å². The first-order valence-electron chi connectivity index (χ1n) is 8.01. The summed E-state index contributed by atoms with van der Waals surface area (Å²) >= 11 is 1.52. The van der Waals surface area contributed by atoms with Crippen LogP contribution in [0.15, 0.2) is 23.3 Å². The minimum atomic E-state index is -0.214. The molecule has 0 aromatic carbocycles. The number of amides is 1. The van der Waals surface area contributed by atoms with Crippen LogP contribution in [0.1, 0.15) is 42.9 Å². The van der Waals surface area contributed by atoms with Gasteiger partial charge in [0.1, 0.15) is 6.33 Å². The quantitative estimate of drug-likeness (QED) is 0.791. The maximum absolute atomic E-state index is 12.7. The first kappa shape index (κ1) is 15.3. The van der Waals surface area contributed by atoms with E-state index < -0.39 is 0 Å². The minimum Gasteiger partial charge on any atom is -0.345 e. The van der Waals surface area contributed by atoms with E-state index in [4.69, 9.17) is 0 Å². The zero-order valence-electron chi connectivity index (χ0n) is 13.9. The van der Waals surface area contributed by atoms with Gasteiger partial charge < -0.3 is 5.32 Å². The molecule has 1 N–H and O–H groups in total. The highest BCUT2D eigenvalue weighted by Gasteiger charge is 2.39. The number of aromatic nitrogens is 4. The van der Waals surface area contributed by atoms with Gasteiger partial charge in [-0.05, 0) is 45.6 Å². The second-order valence-corrected chi connectivity index (χ2v) is 7.61. The van der Waals surface area contributed by atoms with E-state index >= 15 is 0 Å². The zero-order chi connectivity index (χ0) is 16.9. The van der Waals surface area contributed by atoms with E-state index in [9.17, 15) is 4.79 Å². The van der Waals surface area contributed by atoms with Gasteiger partial charge in [-0.2, -0.15) is 0 Å². The van der Waals surface area contributed by atoms with E-state index in [0.717, 1.165) is 17.1 Å². The van der Waals surface area contributed by atoms with Gasteiger partial charge in [0.2, 0.25) is 0 Å². The van der Waals surface area contributed by atoms with Crippen LogP contribution in [-0.2, 0) is 0 Å². The molecule has 0 spiro atoms. The number of imidazole rings is 1. The van der Waals surface area contributed by atoms with Crippen LogP contribution in [0, 0.1) is 12.8 Å². The Morgan fingerprint density at radius 2 is 2.12 bits per heavy atom. The first-order chi connectivity index (χ1) is 11.5. The van der Waals surface area contributed by atoms with Gasteiger partial charge in [0.25, 0.3) is 5.91 Å². The lowest BCUT2D eigenvalue weighted by molar-refractivity contribution is 0.0900. The average molecular weight is 341 g/mol. The highest BCUT2D eigenvalue weighted by Crippen LogP contribution is 2.39. The summed E-state index contributed by atoms with van der Waals surface area (Å²) in [5, 5.41) is 5.07. The number of hydrogen-bond donors (Lipinski definition) is 1. The molecule has 0 aliphatic heterocycles. The van der Waals surface area contributed by atoms with Crippen molar-refractivity contribution in [3.8, 4) is 11.4 Å². The van der Waals surface area contributed by atoms with E-state index in [1.165, 1.54) is 24.2 Å². The molecule has 3 aromatic heterocycles. The Morgan fingerprint density at radius 1 is 1.33 bits per heavy atom. The third-order valence-electron chi connectivity index (χ3n) is 4.64. The summed E-state index contributed by atoms with van der Waals surface area (Å²) in [6.07, 6.45) is 3.99. The number of nitrogens with zero attached hydrogens (tertiary/aromatic N) is 4. The molecule has 7 heteroatoms. The molecule has 6 nitrogen and oxygen atoms in total. The number of thiazole rings is 1. The van der Waals surface area contributed by atoms with Crippen molar-refractivity contribution in [3.05, 3.63) is 34.7 Å². The highest BCUT2D eigenvalue weighted by atomic mass is 32.1. The van der Waals surface area contributed by atoms with Crippen molar-refractivity contribution in [1.82, 2.24) is 24.7 Å². The van der Waals surface area contributed by atoms with Crippen molar-refractivity contribution in [3.63, 3.8) is 0 Å². The van der Waals surface area contributed by atoms with E-state index in [2.05, 4.69) is 34.1 Å². The van der Waals surface area contributed by atoms with Crippen molar-refractivity contribution in [2.24, 2.45) is 5.92 Å². The second-order valence-electron chi connectivity index (χ2n) is 6.89. The number of nitrogens with one attached hydrogen (secondary N) is 1. The first-order valence-corrected chi connectivity index (χ1v) is 8.96. The van der Waals surface area contributed by atoms with Crippen molar-refractivity contribution in [2.75, 3.05) is 0 Å². The molecule has 1 aliphatic rings. The number of aryl methyl sites for hydroxylation is 1. The Kier molecular flexibility index (Phi) is 3.42. The fourth-order valence-corrected chi connectivity index (χ4v) is 3.56. The SMILES string of the molecule is Cc1cc(-c2cscn2)nc2c(C(=O)NC(C)(C)C3CC3)ncn12. The Hall–Kier alpha value is -2.28. The Morgan fingerprint density at radius 3 is 2.79 bits per heavy atom. The maximum Gasteiger partial charge on any atom is 0.274 e. The van der Waals surface area contributed by atoms with Crippen LogP contribution in [0.3, 0.4) is 0 Å². The van der Waals surface area contributed by atoms with E-state index in [1.807, 2.05) is 22.8 Å². The van der Waals surface area contributed by atoms with Gasteiger partial charge in [-0.15, -0.1) is 11.3 Å². The van der Waals surface area contributed by atoms with Crippen LogP contribution in [0.25, 0.3) is 17.0 Å². The van der Waals surface area contributed by atoms with Crippen molar-refractivity contribution < 1.29 is 4.79 Å². The van der Waals surface area contributed by atoms with Gasteiger partial charge in [0.05, 0.1) is 16.9 Å². The molecule has 1 saturated carbocycles. The number of carbonyl (C=O) groups excluding carboxylic acids is 1. The predicted molar refractivity (Wildman–Crippen MR) is 93.1 cm³/mol. The number of carbonyl (C=O) groups is 1. The van der Waals surface area contributed by atoms with Crippen LogP contribution in [0.5, 0.6) is 0 Å². The molecule has 3 heterocycles. The highest BCUT2D eigenvalue weighted by molar-refractivity contribution is 7.07. The molecule has 0 atom stereocenters. The topological polar surface area (TPSA) is 72.2 Å². The number of fused-ring (bicyclic) bond motifs is 1. The summed E-state index contributed by atoms with van der Waals surface area (Å²) in [6, 6.07) is 1.96.